The number of nitrogens with two attached hydrogens (primary N) is 1. The number of benzene rings is 1. The van der Waals surface area contributed by atoms with Crippen LogP contribution in [-0.4, -0.2) is 19.1 Å². The third-order valence-corrected chi connectivity index (χ3v) is 2.81. The third-order valence-electron chi connectivity index (χ3n) is 2.81. The highest BCUT2D eigenvalue weighted by atomic mass is 19.1. The van der Waals surface area contributed by atoms with Gasteiger partial charge in [-0.15, -0.1) is 0 Å². The van der Waals surface area contributed by atoms with E-state index in [1.807, 2.05) is 6.07 Å². The second-order valence-electron chi connectivity index (χ2n) is 3.82. The predicted octanol–water partition coefficient (Wildman–Crippen LogP) is 1.23. The predicted molar refractivity (Wildman–Crippen MR) is 54.6 cm³/mol. The van der Waals surface area contributed by atoms with E-state index in [9.17, 15) is 4.39 Å². The van der Waals surface area contributed by atoms with Crippen molar-refractivity contribution in [3.05, 3.63) is 35.6 Å². The summed E-state index contributed by atoms with van der Waals surface area (Å²) in [5.41, 5.74) is 7.00. The highest BCUT2D eigenvalue weighted by Crippen LogP contribution is 2.22. The highest BCUT2D eigenvalue weighted by molar-refractivity contribution is 5.23. The van der Waals surface area contributed by atoms with Crippen LogP contribution in [0.1, 0.15) is 17.9 Å². The van der Waals surface area contributed by atoms with Crippen LogP contribution >= 0.6 is 0 Å². The molecule has 1 aliphatic heterocycles. The Labute approximate surface area is 83.3 Å². The van der Waals surface area contributed by atoms with Gasteiger partial charge < -0.3 is 11.1 Å². The van der Waals surface area contributed by atoms with Crippen LogP contribution in [0.25, 0.3) is 0 Å². The normalized spacial score (nSPS) is 27.6. The molecule has 14 heavy (non-hydrogen) atoms. The number of hydrogen-bond donors (Lipinski definition) is 2. The summed E-state index contributed by atoms with van der Waals surface area (Å²) in [6.45, 7) is 1.82. The van der Waals surface area contributed by atoms with Crippen molar-refractivity contribution in [2.24, 2.45) is 5.73 Å². The monoisotopic (exact) mass is 194 g/mol. The molecule has 0 radical (unpaired) electrons. The minimum atomic E-state index is -0.180. The van der Waals surface area contributed by atoms with Crippen LogP contribution < -0.4 is 11.1 Å². The minimum Gasteiger partial charge on any atom is -0.327 e. The van der Waals surface area contributed by atoms with Crippen LogP contribution in [0.15, 0.2) is 24.3 Å². The molecular formula is C11H15FN2. The number of rotatable bonds is 1. The maximum Gasteiger partial charge on any atom is 0.123 e. The maximum absolute atomic E-state index is 13.0. The molecule has 76 valence electrons. The first kappa shape index (κ1) is 9.62. The van der Waals surface area contributed by atoms with Crippen LogP contribution in [0, 0.1) is 5.82 Å². The molecule has 2 nitrogen and oxygen atoms in total. The van der Waals surface area contributed by atoms with E-state index in [0.717, 1.165) is 25.1 Å². The molecule has 2 atom stereocenters. The van der Waals surface area contributed by atoms with Crippen LogP contribution in [0.2, 0.25) is 0 Å². The summed E-state index contributed by atoms with van der Waals surface area (Å²) in [5.74, 6) is 0.0692. The Balaban J connectivity index is 2.20. The summed E-state index contributed by atoms with van der Waals surface area (Å²) in [6, 6.07) is 6.88. The topological polar surface area (TPSA) is 38.0 Å². The molecule has 0 spiro atoms. The summed E-state index contributed by atoms with van der Waals surface area (Å²) >= 11 is 0. The molecule has 2 rings (SSSR count). The van der Waals surface area contributed by atoms with Gasteiger partial charge in [0.15, 0.2) is 0 Å². The van der Waals surface area contributed by atoms with Gasteiger partial charge in [0.1, 0.15) is 5.82 Å². The maximum atomic E-state index is 13.0. The average molecular weight is 194 g/mol. The molecule has 1 saturated heterocycles. The molecule has 1 heterocycles. The molecule has 3 N–H and O–H groups in total. The van der Waals surface area contributed by atoms with Gasteiger partial charge in [-0.2, -0.15) is 0 Å². The van der Waals surface area contributed by atoms with Gasteiger partial charge in [-0.25, -0.2) is 4.39 Å². The number of hydrogen-bond acceptors (Lipinski definition) is 2. The van der Waals surface area contributed by atoms with Crippen LogP contribution in [0.3, 0.4) is 0 Å². The lowest BCUT2D eigenvalue weighted by Gasteiger charge is -2.29. The van der Waals surface area contributed by atoms with Crippen molar-refractivity contribution in [1.82, 2.24) is 5.32 Å². The summed E-state index contributed by atoms with van der Waals surface area (Å²) < 4.78 is 13.0. The van der Waals surface area contributed by atoms with E-state index in [4.69, 9.17) is 5.73 Å². The van der Waals surface area contributed by atoms with Gasteiger partial charge in [-0.1, -0.05) is 12.1 Å². The lowest BCUT2D eigenvalue weighted by Crippen LogP contribution is -2.43. The Bertz CT molecular complexity index is 314. The quantitative estimate of drug-likeness (QED) is 0.705. The molecular weight excluding hydrogens is 179 g/mol. The zero-order valence-electron chi connectivity index (χ0n) is 8.04. The first-order valence-corrected chi connectivity index (χ1v) is 4.99. The Hall–Kier alpha value is -0.930. The minimum absolute atomic E-state index is 0.151. The molecule has 0 aromatic heterocycles. The molecule has 1 aromatic carbocycles. The summed E-state index contributed by atoms with van der Waals surface area (Å²) in [5, 5.41) is 3.28. The zero-order valence-corrected chi connectivity index (χ0v) is 8.04. The van der Waals surface area contributed by atoms with Crippen molar-refractivity contribution in [2.75, 3.05) is 13.1 Å². The molecule has 0 bridgehead atoms. The standard InChI is InChI=1S/C11H15FN2/c12-9-3-1-2-8(6-9)10-7-14-5-4-11(10)13/h1-3,6,10-11,14H,4-5,7,13H2. The highest BCUT2D eigenvalue weighted by Gasteiger charge is 2.22. The first-order valence-electron chi connectivity index (χ1n) is 4.99. The van der Waals surface area contributed by atoms with E-state index in [-0.39, 0.29) is 17.8 Å². The van der Waals surface area contributed by atoms with Crippen molar-refractivity contribution in [3.63, 3.8) is 0 Å². The lowest BCUT2D eigenvalue weighted by molar-refractivity contribution is 0.402. The molecule has 0 saturated carbocycles. The molecule has 1 aromatic rings. The summed E-state index contributed by atoms with van der Waals surface area (Å²) in [7, 11) is 0. The van der Waals surface area contributed by atoms with Gasteiger partial charge in [0.25, 0.3) is 0 Å². The van der Waals surface area contributed by atoms with Crippen molar-refractivity contribution in [3.8, 4) is 0 Å². The van der Waals surface area contributed by atoms with Crippen LogP contribution in [0.5, 0.6) is 0 Å². The smallest absolute Gasteiger partial charge is 0.123 e. The number of halogens is 1. The first-order chi connectivity index (χ1) is 6.77. The largest absolute Gasteiger partial charge is 0.327 e. The van der Waals surface area contributed by atoms with E-state index >= 15 is 0 Å². The fraction of sp³-hybridized carbons (Fsp3) is 0.455. The Morgan fingerprint density at radius 1 is 1.43 bits per heavy atom. The van der Waals surface area contributed by atoms with Crippen molar-refractivity contribution < 1.29 is 4.39 Å². The Kier molecular flexibility index (Phi) is 2.79. The lowest BCUT2D eigenvalue weighted by atomic mass is 9.87. The van der Waals surface area contributed by atoms with Gasteiger partial charge in [0.05, 0.1) is 0 Å². The van der Waals surface area contributed by atoms with Gasteiger partial charge in [0, 0.05) is 18.5 Å². The second kappa shape index (κ2) is 4.07. The van der Waals surface area contributed by atoms with E-state index in [0.29, 0.717) is 0 Å². The summed E-state index contributed by atoms with van der Waals surface area (Å²) in [4.78, 5) is 0. The van der Waals surface area contributed by atoms with Gasteiger partial charge >= 0.3 is 0 Å². The molecule has 1 aliphatic rings. The van der Waals surface area contributed by atoms with E-state index in [1.165, 1.54) is 6.07 Å². The van der Waals surface area contributed by atoms with Crippen LogP contribution in [0.4, 0.5) is 4.39 Å². The van der Waals surface area contributed by atoms with E-state index in [1.54, 1.807) is 12.1 Å². The molecule has 2 unspecified atom stereocenters. The number of piperidine rings is 1. The van der Waals surface area contributed by atoms with Crippen LogP contribution in [-0.2, 0) is 0 Å². The number of nitrogens with one attached hydrogen (secondary N) is 1. The molecule has 1 fully saturated rings. The fourth-order valence-corrected chi connectivity index (χ4v) is 1.98. The van der Waals surface area contributed by atoms with Gasteiger partial charge in [0.2, 0.25) is 0 Å². The zero-order chi connectivity index (χ0) is 9.97. The van der Waals surface area contributed by atoms with Gasteiger partial charge in [-0.05, 0) is 30.7 Å². The third kappa shape index (κ3) is 1.94. The van der Waals surface area contributed by atoms with Crippen molar-refractivity contribution in [2.45, 2.75) is 18.4 Å². The van der Waals surface area contributed by atoms with Crippen molar-refractivity contribution in [1.29, 1.82) is 0 Å². The SMILES string of the molecule is NC1CCNCC1c1cccc(F)c1. The van der Waals surface area contributed by atoms with E-state index < -0.39 is 0 Å². The summed E-state index contributed by atoms with van der Waals surface area (Å²) in [6.07, 6.45) is 0.960. The second-order valence-corrected chi connectivity index (χ2v) is 3.82. The Morgan fingerprint density at radius 2 is 2.29 bits per heavy atom. The average Bonchev–Trinajstić information content (AvgIpc) is 2.18. The molecule has 3 heteroatoms. The molecule has 0 aliphatic carbocycles. The van der Waals surface area contributed by atoms with Gasteiger partial charge in [-0.3, -0.25) is 0 Å². The fourth-order valence-electron chi connectivity index (χ4n) is 1.98. The van der Waals surface area contributed by atoms with Crippen molar-refractivity contribution >= 4 is 0 Å². The Morgan fingerprint density at radius 3 is 3.00 bits per heavy atom. The molecule has 0 amide bonds. The van der Waals surface area contributed by atoms with E-state index in [2.05, 4.69) is 5.32 Å².